The molecule has 0 radical (unpaired) electrons. The lowest BCUT2D eigenvalue weighted by Crippen LogP contribution is -2.34. The maximum atomic E-state index is 12.0. The van der Waals surface area contributed by atoms with Crippen LogP contribution in [-0.4, -0.2) is 47.3 Å². The Morgan fingerprint density at radius 3 is 2.10 bits per heavy atom. The maximum Gasteiger partial charge on any atom is 0.177 e. The van der Waals surface area contributed by atoms with Crippen LogP contribution in [0.4, 0.5) is 5.69 Å². The van der Waals surface area contributed by atoms with Crippen molar-refractivity contribution in [3.05, 3.63) is 18.2 Å². The van der Waals surface area contributed by atoms with E-state index in [2.05, 4.69) is 15.9 Å². The molecule has 0 aromatic heterocycles. The molecule has 2 rings (SSSR count). The summed E-state index contributed by atoms with van der Waals surface area (Å²) in [6.07, 6.45) is 4.04. The van der Waals surface area contributed by atoms with E-state index in [0.717, 1.165) is 38.4 Å². The average Bonchev–Trinajstić information content (AvgIpc) is 2.37. The highest BCUT2D eigenvalue weighted by molar-refractivity contribution is 9.09. The van der Waals surface area contributed by atoms with Gasteiger partial charge in [0.15, 0.2) is 19.7 Å². The zero-order valence-electron chi connectivity index (χ0n) is 11.9. The van der Waals surface area contributed by atoms with Crippen molar-refractivity contribution in [2.75, 3.05) is 30.5 Å². The van der Waals surface area contributed by atoms with Gasteiger partial charge in [-0.15, -0.1) is 0 Å². The lowest BCUT2D eigenvalue weighted by Gasteiger charge is -2.32. The van der Waals surface area contributed by atoms with Gasteiger partial charge in [-0.3, -0.25) is 0 Å². The molecule has 1 saturated heterocycles. The zero-order chi connectivity index (χ0) is 15.8. The van der Waals surface area contributed by atoms with Crippen molar-refractivity contribution in [3.63, 3.8) is 0 Å². The summed E-state index contributed by atoms with van der Waals surface area (Å²) in [5.41, 5.74) is 0.587. The van der Waals surface area contributed by atoms with Gasteiger partial charge in [-0.25, -0.2) is 16.8 Å². The van der Waals surface area contributed by atoms with Crippen LogP contribution in [0.25, 0.3) is 0 Å². The smallest absolute Gasteiger partial charge is 0.177 e. The van der Waals surface area contributed by atoms with Gasteiger partial charge in [0.25, 0.3) is 0 Å². The molecule has 8 heteroatoms. The second-order valence-corrected chi connectivity index (χ2v) is 10.6. The van der Waals surface area contributed by atoms with Crippen LogP contribution in [-0.2, 0) is 19.7 Å². The van der Waals surface area contributed by atoms with Crippen molar-refractivity contribution in [1.29, 1.82) is 0 Å². The highest BCUT2D eigenvalue weighted by Gasteiger charge is 2.24. The number of anilines is 1. The normalized spacial score (nSPS) is 18.0. The second kappa shape index (κ2) is 5.89. The van der Waals surface area contributed by atoms with Gasteiger partial charge >= 0.3 is 0 Å². The molecule has 1 aliphatic rings. The van der Waals surface area contributed by atoms with Gasteiger partial charge in [0.2, 0.25) is 0 Å². The van der Waals surface area contributed by atoms with Gasteiger partial charge in [-0.2, -0.15) is 0 Å². The number of hydrogen-bond donors (Lipinski definition) is 0. The molecule has 1 heterocycles. The van der Waals surface area contributed by atoms with Crippen molar-refractivity contribution in [2.24, 2.45) is 0 Å². The van der Waals surface area contributed by atoms with E-state index in [1.165, 1.54) is 12.1 Å². The Bertz CT molecular complexity index is 735. The molecule has 1 aromatic rings. The molecule has 0 bridgehead atoms. The first-order valence-electron chi connectivity index (χ1n) is 6.52. The van der Waals surface area contributed by atoms with Gasteiger partial charge in [0.05, 0.1) is 15.5 Å². The Kier molecular flexibility index (Phi) is 4.70. The van der Waals surface area contributed by atoms with Crippen molar-refractivity contribution in [3.8, 4) is 0 Å². The molecular weight excluding hydrogens is 378 g/mol. The summed E-state index contributed by atoms with van der Waals surface area (Å²) in [5, 5.41) is 0. The minimum Gasteiger partial charge on any atom is -0.370 e. The highest BCUT2D eigenvalue weighted by atomic mass is 79.9. The fourth-order valence-electron chi connectivity index (χ4n) is 2.37. The average molecular weight is 396 g/mol. The molecule has 118 valence electrons. The van der Waals surface area contributed by atoms with E-state index in [1.807, 2.05) is 4.90 Å². The number of alkyl halides is 1. The number of hydrogen-bond acceptors (Lipinski definition) is 5. The fraction of sp³-hybridized carbons (Fsp3) is 0.538. The number of halogens is 1. The summed E-state index contributed by atoms with van der Waals surface area (Å²) < 4.78 is 47.3. The van der Waals surface area contributed by atoms with Gasteiger partial charge in [-0.05, 0) is 31.0 Å². The highest BCUT2D eigenvalue weighted by Crippen LogP contribution is 2.31. The number of rotatable bonds is 3. The van der Waals surface area contributed by atoms with Crippen molar-refractivity contribution in [1.82, 2.24) is 0 Å². The van der Waals surface area contributed by atoms with Gasteiger partial charge in [0.1, 0.15) is 0 Å². The molecule has 5 nitrogen and oxygen atoms in total. The van der Waals surface area contributed by atoms with Crippen molar-refractivity contribution in [2.45, 2.75) is 27.5 Å². The monoisotopic (exact) mass is 395 g/mol. The van der Waals surface area contributed by atoms with Gasteiger partial charge < -0.3 is 4.90 Å². The van der Waals surface area contributed by atoms with E-state index >= 15 is 0 Å². The van der Waals surface area contributed by atoms with Crippen LogP contribution in [0.5, 0.6) is 0 Å². The minimum atomic E-state index is -3.50. The van der Waals surface area contributed by atoms with E-state index in [0.29, 0.717) is 10.5 Å². The van der Waals surface area contributed by atoms with Crippen LogP contribution < -0.4 is 4.90 Å². The molecular formula is C13H18BrNO4S2. The molecule has 0 atom stereocenters. The van der Waals surface area contributed by atoms with Crippen LogP contribution in [0.3, 0.4) is 0 Å². The lowest BCUT2D eigenvalue weighted by atomic mass is 10.1. The molecule has 1 fully saturated rings. The largest absolute Gasteiger partial charge is 0.370 e. The van der Waals surface area contributed by atoms with Crippen molar-refractivity contribution < 1.29 is 16.8 Å². The summed E-state index contributed by atoms with van der Waals surface area (Å²) in [6.45, 7) is 1.49. The topological polar surface area (TPSA) is 71.5 Å². The first-order chi connectivity index (χ1) is 9.59. The summed E-state index contributed by atoms with van der Waals surface area (Å²) in [4.78, 5) is 2.56. The Balaban J connectivity index is 2.51. The van der Waals surface area contributed by atoms with Crippen LogP contribution >= 0.6 is 15.9 Å². The lowest BCUT2D eigenvalue weighted by molar-refractivity contribution is 0.586. The summed E-state index contributed by atoms with van der Waals surface area (Å²) in [5.74, 6) is 0. The quantitative estimate of drug-likeness (QED) is 0.730. The van der Waals surface area contributed by atoms with E-state index < -0.39 is 19.7 Å². The molecule has 0 amide bonds. The Labute approximate surface area is 134 Å². The Morgan fingerprint density at radius 2 is 1.62 bits per heavy atom. The Hall–Kier alpha value is -0.600. The molecule has 0 aliphatic carbocycles. The number of sulfone groups is 2. The molecule has 0 saturated carbocycles. The predicted octanol–water partition coefficient (Wildman–Crippen LogP) is 1.86. The maximum absolute atomic E-state index is 12.0. The predicted molar refractivity (Wildman–Crippen MR) is 86.8 cm³/mol. The number of benzene rings is 1. The third-order valence-corrected chi connectivity index (χ3v) is 6.68. The molecule has 0 spiro atoms. The van der Waals surface area contributed by atoms with Gasteiger partial charge in [-0.1, -0.05) is 15.9 Å². The zero-order valence-corrected chi connectivity index (χ0v) is 15.1. The van der Waals surface area contributed by atoms with Crippen LogP contribution in [0, 0.1) is 0 Å². The summed E-state index contributed by atoms with van der Waals surface area (Å²) in [7, 11) is -6.93. The summed E-state index contributed by atoms with van der Waals surface area (Å²) >= 11 is 3.56. The first-order valence-corrected chi connectivity index (χ1v) is 11.2. The van der Waals surface area contributed by atoms with Crippen LogP contribution in [0.15, 0.2) is 28.0 Å². The molecule has 1 aliphatic heterocycles. The fourth-order valence-corrected chi connectivity index (χ4v) is 4.42. The third-order valence-electron chi connectivity index (χ3n) is 3.52. The standard InChI is InChI=1S/C13H18BrNO4S2/c1-20(16,17)11-3-4-12(13(9-11)21(2,18)19)15-7-5-10(14)6-8-15/h3-4,9-10H,5-8H2,1-2H3. The SMILES string of the molecule is CS(=O)(=O)c1ccc(N2CCC(Br)CC2)c(S(C)(=O)=O)c1. The van der Waals surface area contributed by atoms with E-state index in [9.17, 15) is 16.8 Å². The van der Waals surface area contributed by atoms with Crippen LogP contribution in [0.1, 0.15) is 12.8 Å². The van der Waals surface area contributed by atoms with Crippen LogP contribution in [0.2, 0.25) is 0 Å². The Morgan fingerprint density at radius 1 is 1.05 bits per heavy atom. The molecule has 0 unspecified atom stereocenters. The molecule has 1 aromatic carbocycles. The number of nitrogens with zero attached hydrogens (tertiary/aromatic N) is 1. The second-order valence-electron chi connectivity index (χ2n) is 5.34. The first kappa shape index (κ1) is 16.8. The number of piperidine rings is 1. The van der Waals surface area contributed by atoms with Crippen molar-refractivity contribution >= 4 is 41.3 Å². The summed E-state index contributed by atoms with van der Waals surface area (Å²) in [6, 6.07) is 4.33. The molecule has 0 N–H and O–H groups in total. The van der Waals surface area contributed by atoms with Gasteiger partial charge in [0, 0.05) is 30.4 Å². The van der Waals surface area contributed by atoms with E-state index in [4.69, 9.17) is 0 Å². The van der Waals surface area contributed by atoms with E-state index in [1.54, 1.807) is 6.07 Å². The minimum absolute atomic E-state index is 0.0297. The van der Waals surface area contributed by atoms with E-state index in [-0.39, 0.29) is 9.79 Å². The molecule has 21 heavy (non-hydrogen) atoms. The third kappa shape index (κ3) is 3.98.